The molecule has 5 heterocycles. The molecule has 0 bridgehead atoms. The minimum absolute atomic E-state index is 0.0371. The van der Waals surface area contributed by atoms with Crippen LogP contribution in [-0.4, -0.2) is 45.2 Å². The van der Waals surface area contributed by atoms with E-state index in [-0.39, 0.29) is 30.1 Å². The zero-order valence-electron chi connectivity index (χ0n) is 17.3. The topological polar surface area (TPSA) is 210 Å². The van der Waals surface area contributed by atoms with Crippen LogP contribution in [0.5, 0.6) is 0 Å². The number of carbonyl (C=O) groups excluding carboxylic acids is 1. The number of hydrazine groups is 1. The lowest BCUT2D eigenvalue weighted by molar-refractivity contribution is -0.121. The van der Waals surface area contributed by atoms with Crippen molar-refractivity contribution in [2.75, 3.05) is 0 Å². The van der Waals surface area contributed by atoms with E-state index < -0.39 is 11.7 Å². The van der Waals surface area contributed by atoms with Crippen LogP contribution in [0, 0.1) is 0 Å². The van der Waals surface area contributed by atoms with Gasteiger partial charge in [0, 0.05) is 12.4 Å². The Kier molecular flexibility index (Phi) is 6.26. The summed E-state index contributed by atoms with van der Waals surface area (Å²) in [7, 11) is 0. The van der Waals surface area contributed by atoms with E-state index in [0.29, 0.717) is 22.1 Å². The first-order valence-electron chi connectivity index (χ1n) is 9.60. The highest BCUT2D eigenvalue weighted by atomic mass is 16.4. The van der Waals surface area contributed by atoms with Crippen LogP contribution in [0.4, 0.5) is 0 Å². The first-order chi connectivity index (χ1) is 16.5. The van der Waals surface area contributed by atoms with E-state index in [1.807, 2.05) is 5.43 Å². The molecule has 0 aromatic carbocycles. The number of carbonyl (C=O) groups is 1. The van der Waals surface area contributed by atoms with Gasteiger partial charge in [-0.25, -0.2) is 35.7 Å². The van der Waals surface area contributed by atoms with E-state index in [2.05, 4.69) is 30.1 Å². The summed E-state index contributed by atoms with van der Waals surface area (Å²) in [6.45, 7) is -0.122. The predicted molar refractivity (Wildman–Crippen MR) is 116 cm³/mol. The highest BCUT2D eigenvalue weighted by molar-refractivity contribution is 5.76. The average Bonchev–Trinajstić information content (AvgIpc) is 3.28. The van der Waals surface area contributed by atoms with Crippen LogP contribution in [-0.2, 0) is 17.9 Å². The molecule has 0 radical (unpaired) electrons. The Morgan fingerprint density at radius 3 is 2.09 bits per heavy atom. The van der Waals surface area contributed by atoms with Gasteiger partial charge in [-0.15, -0.1) is 5.10 Å². The van der Waals surface area contributed by atoms with Crippen molar-refractivity contribution in [1.29, 1.82) is 0 Å². The zero-order chi connectivity index (χ0) is 24.1. The maximum Gasteiger partial charge on any atom is 0.434 e. The molecule has 0 aliphatic carbocycles. The van der Waals surface area contributed by atoms with Crippen molar-refractivity contribution in [3.8, 4) is 0 Å². The summed E-state index contributed by atoms with van der Waals surface area (Å²) in [5.74, 6) is 3.93. The van der Waals surface area contributed by atoms with E-state index in [0.717, 1.165) is 0 Å². The molecular weight excluding hydrogens is 448 g/mol. The Morgan fingerprint density at radius 1 is 0.941 bits per heavy atom. The van der Waals surface area contributed by atoms with Crippen LogP contribution in [0.1, 0.15) is 5.89 Å². The number of amides is 1. The van der Waals surface area contributed by atoms with E-state index >= 15 is 0 Å². The molecule has 4 N–H and O–H groups in total. The summed E-state index contributed by atoms with van der Waals surface area (Å²) in [5.41, 5.74) is 2.10. The molecule has 0 aliphatic heterocycles. The molecule has 15 nitrogen and oxygen atoms in total. The first kappa shape index (κ1) is 22.2. The van der Waals surface area contributed by atoms with E-state index in [9.17, 15) is 19.2 Å². The maximum atomic E-state index is 12.1. The molecule has 5 aromatic rings. The molecule has 15 heteroatoms. The van der Waals surface area contributed by atoms with Crippen LogP contribution >= 0.6 is 0 Å². The van der Waals surface area contributed by atoms with Crippen LogP contribution in [0.2, 0.25) is 0 Å². The highest BCUT2D eigenvalue weighted by Crippen LogP contribution is 2.02. The molecule has 172 valence electrons. The van der Waals surface area contributed by atoms with Gasteiger partial charge in [-0.2, -0.15) is 0 Å². The van der Waals surface area contributed by atoms with Gasteiger partial charge in [0.25, 0.3) is 17.0 Å². The van der Waals surface area contributed by atoms with Crippen molar-refractivity contribution in [3.05, 3.63) is 86.5 Å². The van der Waals surface area contributed by atoms with Crippen LogP contribution in [0.15, 0.2) is 68.1 Å². The minimum Gasteiger partial charge on any atom is -0.390 e. The molecule has 0 spiro atoms. The fourth-order valence-corrected chi connectivity index (χ4v) is 2.90. The Hall–Kier alpha value is -5.05. The third-order valence-corrected chi connectivity index (χ3v) is 4.46. The van der Waals surface area contributed by atoms with Crippen LogP contribution in [0.25, 0.3) is 22.1 Å². The number of hydrogen-bond acceptors (Lipinski definition) is 11. The first-order valence-corrected chi connectivity index (χ1v) is 9.60. The minimum atomic E-state index is -0.659. The number of nitrogens with two attached hydrogens (primary N) is 1. The standard InChI is InChI=1S/C10H7N5O3.C9H9N5O2/c16-9-6-2-1-3-11-8(6)12-5-15(9)4-7-13-14-10(17)18-7;10-13-7(15)4-14-5-12-8-6(9(14)16)2-1-3-11-8/h1-3,5H,4H2,(H,14,17);1-3,5H,4,10H2,(H,13,15). The smallest absolute Gasteiger partial charge is 0.390 e. The third-order valence-electron chi connectivity index (χ3n) is 4.46. The van der Waals surface area contributed by atoms with Crippen LogP contribution in [0.3, 0.4) is 0 Å². The van der Waals surface area contributed by atoms with Gasteiger partial charge in [0.1, 0.15) is 25.7 Å². The predicted octanol–water partition coefficient (Wildman–Crippen LogP) is -1.70. The molecule has 0 saturated carbocycles. The largest absolute Gasteiger partial charge is 0.434 e. The molecule has 5 aromatic heterocycles. The molecular formula is C19H16N10O5. The van der Waals surface area contributed by atoms with Gasteiger partial charge in [-0.1, -0.05) is 0 Å². The monoisotopic (exact) mass is 464 g/mol. The number of nitrogens with zero attached hydrogens (tertiary/aromatic N) is 7. The average molecular weight is 464 g/mol. The second-order valence-corrected chi connectivity index (χ2v) is 6.68. The summed E-state index contributed by atoms with van der Waals surface area (Å²) < 4.78 is 7.20. The van der Waals surface area contributed by atoms with Crippen molar-refractivity contribution in [3.63, 3.8) is 0 Å². The lowest BCUT2D eigenvalue weighted by atomic mass is 10.3. The number of aromatic amines is 1. The SMILES string of the molecule is NNC(=O)Cn1cnc2ncccc2c1=O.O=c1[nH]nc(Cn2cnc3ncccc3c2=O)o1. The normalized spacial score (nSPS) is 10.6. The molecule has 1 amide bonds. The number of fused-ring (bicyclic) bond motifs is 2. The maximum absolute atomic E-state index is 12.1. The summed E-state index contributed by atoms with van der Waals surface area (Å²) in [4.78, 5) is 61.6. The summed E-state index contributed by atoms with van der Waals surface area (Å²) in [6, 6.07) is 6.53. The van der Waals surface area contributed by atoms with Gasteiger partial charge in [0.15, 0.2) is 11.3 Å². The number of H-pyrrole nitrogens is 1. The van der Waals surface area contributed by atoms with Gasteiger partial charge >= 0.3 is 5.76 Å². The quantitative estimate of drug-likeness (QED) is 0.155. The molecule has 0 aliphatic rings. The zero-order valence-corrected chi connectivity index (χ0v) is 17.3. The van der Waals surface area contributed by atoms with E-state index in [4.69, 9.17) is 10.3 Å². The number of aromatic nitrogens is 8. The van der Waals surface area contributed by atoms with Gasteiger partial charge in [-0.3, -0.25) is 28.9 Å². The molecule has 0 fully saturated rings. The van der Waals surface area contributed by atoms with Gasteiger partial charge in [-0.05, 0) is 24.3 Å². The molecule has 0 unspecified atom stereocenters. The Labute approximate surface area is 187 Å². The van der Waals surface area contributed by atoms with Crippen molar-refractivity contribution < 1.29 is 9.21 Å². The summed E-state index contributed by atoms with van der Waals surface area (Å²) >= 11 is 0. The van der Waals surface area contributed by atoms with Crippen molar-refractivity contribution >= 4 is 28.0 Å². The lowest BCUT2D eigenvalue weighted by Crippen LogP contribution is -2.36. The lowest BCUT2D eigenvalue weighted by Gasteiger charge is -2.04. The second-order valence-electron chi connectivity index (χ2n) is 6.68. The molecule has 5 rings (SSSR count). The van der Waals surface area contributed by atoms with Crippen LogP contribution < -0.4 is 28.1 Å². The molecule has 0 saturated heterocycles. The third kappa shape index (κ3) is 4.73. The number of nitrogens with one attached hydrogen (secondary N) is 2. The Morgan fingerprint density at radius 2 is 1.53 bits per heavy atom. The van der Waals surface area contributed by atoms with Gasteiger partial charge in [0.2, 0.25) is 5.89 Å². The summed E-state index contributed by atoms with van der Waals surface area (Å²) in [5, 5.41) is 6.52. The number of pyridine rings is 2. The number of hydrogen-bond donors (Lipinski definition) is 3. The van der Waals surface area contributed by atoms with E-state index in [1.54, 1.807) is 36.7 Å². The van der Waals surface area contributed by atoms with Crippen molar-refractivity contribution in [1.82, 2.24) is 44.7 Å². The fraction of sp³-hybridized carbons (Fsp3) is 0.105. The number of rotatable bonds is 4. The Balaban J connectivity index is 0.000000162. The van der Waals surface area contributed by atoms with Crippen molar-refractivity contribution in [2.45, 2.75) is 13.1 Å². The summed E-state index contributed by atoms with van der Waals surface area (Å²) in [6.07, 6.45) is 5.72. The van der Waals surface area contributed by atoms with Gasteiger partial charge in [0.05, 0.1) is 10.8 Å². The molecule has 34 heavy (non-hydrogen) atoms. The van der Waals surface area contributed by atoms with E-state index in [1.165, 1.54) is 21.8 Å². The van der Waals surface area contributed by atoms with Gasteiger partial charge < -0.3 is 4.42 Å². The fourth-order valence-electron chi connectivity index (χ4n) is 2.90. The van der Waals surface area contributed by atoms with Crippen molar-refractivity contribution in [2.24, 2.45) is 5.84 Å². The Bertz CT molecular complexity index is 1650. The highest BCUT2D eigenvalue weighted by Gasteiger charge is 2.08. The molecule has 0 atom stereocenters. The second kappa shape index (κ2) is 9.61.